The average molecular weight is 442 g/mol. The van der Waals surface area contributed by atoms with Gasteiger partial charge in [-0.1, -0.05) is 41.9 Å². The fourth-order valence-electron chi connectivity index (χ4n) is 3.77. The summed E-state index contributed by atoms with van der Waals surface area (Å²) in [6.45, 7) is 7.33. The largest absolute Gasteiger partial charge is 0.459 e. The number of imidazole rings is 1. The smallest absolute Gasteiger partial charge is 0.410 e. The van der Waals surface area contributed by atoms with E-state index >= 15 is 0 Å². The van der Waals surface area contributed by atoms with Gasteiger partial charge in [0.1, 0.15) is 11.7 Å². The predicted octanol–water partition coefficient (Wildman–Crippen LogP) is 5.52. The molecule has 1 saturated heterocycles. The molecule has 2 aromatic carbocycles. The Bertz CT molecular complexity index is 1070. The quantitative estimate of drug-likeness (QED) is 0.535. The molecule has 3 aromatic rings. The zero-order valence-electron chi connectivity index (χ0n) is 18.2. The van der Waals surface area contributed by atoms with E-state index in [0.29, 0.717) is 30.7 Å². The van der Waals surface area contributed by atoms with E-state index in [9.17, 15) is 4.79 Å². The Morgan fingerprint density at radius 1 is 1.16 bits per heavy atom. The van der Waals surface area contributed by atoms with E-state index in [-0.39, 0.29) is 12.2 Å². The maximum absolute atomic E-state index is 12.5. The zero-order chi connectivity index (χ0) is 22.0. The molecule has 1 amide bonds. The van der Waals surface area contributed by atoms with Crippen LogP contribution in [0.4, 0.5) is 4.79 Å². The Labute approximate surface area is 187 Å². The molecule has 4 rings (SSSR count). The summed E-state index contributed by atoms with van der Waals surface area (Å²) in [6, 6.07) is 16.3. The Balaban J connectivity index is 1.57. The molecule has 0 radical (unpaired) electrons. The first kappa shape index (κ1) is 21.5. The molecule has 1 aromatic heterocycles. The van der Waals surface area contributed by atoms with Crippen molar-refractivity contribution in [3.8, 4) is 6.01 Å². The highest BCUT2D eigenvalue weighted by Gasteiger charge is 2.29. The molecule has 1 fully saturated rings. The normalized spacial score (nSPS) is 17.0. The SMILES string of the molecule is CC(C)(C)OC(=O)N1CCCC(Oc2nc3ccccc3n2Cc2ccccc2Cl)C1. The van der Waals surface area contributed by atoms with Crippen molar-refractivity contribution in [1.82, 2.24) is 14.5 Å². The molecule has 0 saturated carbocycles. The van der Waals surface area contributed by atoms with Crippen molar-refractivity contribution in [2.75, 3.05) is 13.1 Å². The summed E-state index contributed by atoms with van der Waals surface area (Å²) in [7, 11) is 0. The lowest BCUT2D eigenvalue weighted by Gasteiger charge is -2.34. The van der Waals surface area contributed by atoms with Crippen LogP contribution < -0.4 is 4.74 Å². The van der Waals surface area contributed by atoms with E-state index in [0.717, 1.165) is 29.4 Å². The molecule has 7 heteroatoms. The van der Waals surface area contributed by atoms with Crippen molar-refractivity contribution in [1.29, 1.82) is 0 Å². The number of carbonyl (C=O) groups is 1. The van der Waals surface area contributed by atoms with Gasteiger partial charge in [0.05, 0.1) is 24.1 Å². The number of rotatable bonds is 4. The van der Waals surface area contributed by atoms with Gasteiger partial charge in [0.25, 0.3) is 6.01 Å². The Kier molecular flexibility index (Phi) is 6.10. The first-order chi connectivity index (χ1) is 14.8. The van der Waals surface area contributed by atoms with E-state index < -0.39 is 5.60 Å². The van der Waals surface area contributed by atoms with E-state index in [2.05, 4.69) is 0 Å². The van der Waals surface area contributed by atoms with E-state index in [1.807, 2.05) is 73.9 Å². The number of nitrogens with zero attached hydrogens (tertiary/aromatic N) is 3. The summed E-state index contributed by atoms with van der Waals surface area (Å²) < 4.78 is 13.9. The highest BCUT2D eigenvalue weighted by molar-refractivity contribution is 6.31. The number of fused-ring (bicyclic) bond motifs is 1. The third kappa shape index (κ3) is 5.13. The summed E-state index contributed by atoms with van der Waals surface area (Å²) in [5.41, 5.74) is 2.33. The number of aromatic nitrogens is 2. The fraction of sp³-hybridized carbons (Fsp3) is 0.417. The van der Waals surface area contributed by atoms with Crippen LogP contribution in [0.2, 0.25) is 5.02 Å². The van der Waals surface area contributed by atoms with Crippen LogP contribution in [0.3, 0.4) is 0 Å². The third-order valence-corrected chi connectivity index (χ3v) is 5.58. The number of hydrogen-bond donors (Lipinski definition) is 0. The molecule has 0 aliphatic carbocycles. The van der Waals surface area contributed by atoms with Gasteiger partial charge >= 0.3 is 6.09 Å². The summed E-state index contributed by atoms with van der Waals surface area (Å²) in [4.78, 5) is 19.0. The minimum Gasteiger partial charge on any atom is -0.459 e. The number of piperidine rings is 1. The summed E-state index contributed by atoms with van der Waals surface area (Å²) in [5, 5.41) is 0.708. The van der Waals surface area contributed by atoms with Crippen molar-refractivity contribution in [2.45, 2.75) is 51.9 Å². The van der Waals surface area contributed by atoms with Crippen LogP contribution in [0.1, 0.15) is 39.2 Å². The van der Waals surface area contributed by atoms with E-state index in [1.165, 1.54) is 0 Å². The van der Waals surface area contributed by atoms with Crippen molar-refractivity contribution in [3.63, 3.8) is 0 Å². The van der Waals surface area contributed by atoms with Crippen LogP contribution in [-0.4, -0.2) is 45.3 Å². The minimum absolute atomic E-state index is 0.150. The van der Waals surface area contributed by atoms with Crippen molar-refractivity contribution in [3.05, 3.63) is 59.1 Å². The van der Waals surface area contributed by atoms with Crippen molar-refractivity contribution >= 4 is 28.7 Å². The second kappa shape index (κ2) is 8.79. The second-order valence-corrected chi connectivity index (χ2v) is 9.28. The molecule has 1 atom stereocenters. The van der Waals surface area contributed by atoms with Gasteiger partial charge in [-0.15, -0.1) is 0 Å². The number of amides is 1. The minimum atomic E-state index is -0.520. The first-order valence-electron chi connectivity index (χ1n) is 10.6. The topological polar surface area (TPSA) is 56.6 Å². The maximum atomic E-state index is 12.5. The molecule has 0 spiro atoms. The van der Waals surface area contributed by atoms with Crippen molar-refractivity contribution < 1.29 is 14.3 Å². The standard InChI is InChI=1S/C24H28ClN3O3/c1-24(2,3)31-23(29)27-14-8-10-18(16-27)30-22-26-20-12-6-7-13-21(20)28(22)15-17-9-4-5-11-19(17)25/h4-7,9,11-13,18H,8,10,14-16H2,1-3H3. The molecule has 2 heterocycles. The number of likely N-dealkylation sites (tertiary alicyclic amines) is 1. The van der Waals surface area contributed by atoms with Crippen LogP contribution in [0.5, 0.6) is 6.01 Å². The molecule has 0 bridgehead atoms. The fourth-order valence-corrected chi connectivity index (χ4v) is 3.96. The van der Waals surface area contributed by atoms with E-state index in [4.69, 9.17) is 26.1 Å². The number of halogens is 1. The van der Waals surface area contributed by atoms with Gasteiger partial charge in [-0.3, -0.25) is 4.57 Å². The molecule has 1 aliphatic rings. The molecule has 6 nitrogen and oxygen atoms in total. The Morgan fingerprint density at radius 2 is 1.90 bits per heavy atom. The number of benzene rings is 2. The van der Waals surface area contributed by atoms with Gasteiger partial charge in [0.2, 0.25) is 0 Å². The monoisotopic (exact) mass is 441 g/mol. The molecule has 164 valence electrons. The van der Waals surface area contributed by atoms with Gasteiger partial charge in [-0.2, -0.15) is 4.98 Å². The van der Waals surface area contributed by atoms with Crippen LogP contribution in [0.25, 0.3) is 11.0 Å². The van der Waals surface area contributed by atoms with Crippen LogP contribution in [-0.2, 0) is 11.3 Å². The second-order valence-electron chi connectivity index (χ2n) is 8.87. The van der Waals surface area contributed by atoms with Gasteiger partial charge < -0.3 is 14.4 Å². The highest BCUT2D eigenvalue weighted by atomic mass is 35.5. The zero-order valence-corrected chi connectivity index (χ0v) is 18.9. The summed E-state index contributed by atoms with van der Waals surface area (Å²) >= 11 is 6.41. The Morgan fingerprint density at radius 3 is 2.68 bits per heavy atom. The lowest BCUT2D eigenvalue weighted by molar-refractivity contribution is 0.00626. The molecular weight excluding hydrogens is 414 g/mol. The summed E-state index contributed by atoms with van der Waals surface area (Å²) in [6.07, 6.45) is 1.26. The highest BCUT2D eigenvalue weighted by Crippen LogP contribution is 2.27. The Hall–Kier alpha value is -2.73. The lowest BCUT2D eigenvalue weighted by atomic mass is 10.1. The van der Waals surface area contributed by atoms with Gasteiger partial charge in [0.15, 0.2) is 0 Å². The number of para-hydroxylation sites is 2. The maximum Gasteiger partial charge on any atom is 0.410 e. The molecule has 1 aliphatic heterocycles. The lowest BCUT2D eigenvalue weighted by Crippen LogP contribution is -2.46. The molecule has 31 heavy (non-hydrogen) atoms. The van der Waals surface area contributed by atoms with Crippen LogP contribution in [0, 0.1) is 0 Å². The predicted molar refractivity (Wildman–Crippen MR) is 122 cm³/mol. The number of ether oxygens (including phenoxy) is 2. The van der Waals surface area contributed by atoms with Crippen LogP contribution in [0.15, 0.2) is 48.5 Å². The van der Waals surface area contributed by atoms with Gasteiger partial charge in [-0.05, 0) is 57.4 Å². The third-order valence-electron chi connectivity index (χ3n) is 5.21. The summed E-state index contributed by atoms with van der Waals surface area (Å²) in [5.74, 6) is 0. The number of carbonyl (C=O) groups excluding carboxylic acids is 1. The molecule has 0 N–H and O–H groups in total. The van der Waals surface area contributed by atoms with Crippen LogP contribution >= 0.6 is 11.6 Å². The number of hydrogen-bond acceptors (Lipinski definition) is 4. The molecular formula is C24H28ClN3O3. The van der Waals surface area contributed by atoms with E-state index in [1.54, 1.807) is 4.90 Å². The first-order valence-corrected chi connectivity index (χ1v) is 11.0. The van der Waals surface area contributed by atoms with Gasteiger partial charge in [-0.25, -0.2) is 4.79 Å². The average Bonchev–Trinajstić information content (AvgIpc) is 3.06. The molecule has 1 unspecified atom stereocenters. The van der Waals surface area contributed by atoms with Gasteiger partial charge in [0, 0.05) is 11.6 Å². The van der Waals surface area contributed by atoms with Crippen molar-refractivity contribution in [2.24, 2.45) is 0 Å².